The summed E-state index contributed by atoms with van der Waals surface area (Å²) >= 11 is 0. The molecule has 24 heavy (non-hydrogen) atoms. The quantitative estimate of drug-likeness (QED) is 0.620. The topological polar surface area (TPSA) is 90.7 Å². The standard InChI is InChI=1S/C17H18N2O5/c1-3-14(24-16-10-5-4-9-15(16)23-2)17(20)18-12-7-6-8-13(11-12)19(21)22/h4-11,14H,3H2,1-2H3,(H,18,20)/t14-/m1/s1. The highest BCUT2D eigenvalue weighted by Crippen LogP contribution is 2.27. The highest BCUT2D eigenvalue weighted by molar-refractivity contribution is 5.94. The highest BCUT2D eigenvalue weighted by atomic mass is 16.6. The SMILES string of the molecule is CC[C@@H](Oc1ccccc1OC)C(=O)Nc1cccc([N+](=O)[O-])c1. The second kappa shape index (κ2) is 7.96. The van der Waals surface area contributed by atoms with Crippen LogP contribution in [0.2, 0.25) is 0 Å². The van der Waals surface area contributed by atoms with Crippen molar-refractivity contribution in [1.82, 2.24) is 0 Å². The number of benzene rings is 2. The maximum absolute atomic E-state index is 12.4. The molecule has 0 unspecified atom stereocenters. The van der Waals surface area contributed by atoms with E-state index >= 15 is 0 Å². The molecule has 2 rings (SSSR count). The van der Waals surface area contributed by atoms with Crippen LogP contribution >= 0.6 is 0 Å². The number of hydrogen-bond acceptors (Lipinski definition) is 5. The van der Waals surface area contributed by atoms with Gasteiger partial charge in [0.2, 0.25) is 0 Å². The maximum atomic E-state index is 12.4. The Hall–Kier alpha value is -3.09. The number of nitrogens with one attached hydrogen (secondary N) is 1. The Kier molecular flexibility index (Phi) is 5.73. The number of nitro groups is 1. The molecule has 2 aromatic carbocycles. The van der Waals surface area contributed by atoms with Crippen molar-refractivity contribution in [2.75, 3.05) is 12.4 Å². The Morgan fingerprint density at radius 2 is 1.92 bits per heavy atom. The number of hydrogen-bond donors (Lipinski definition) is 1. The molecule has 0 radical (unpaired) electrons. The lowest BCUT2D eigenvalue weighted by molar-refractivity contribution is -0.384. The van der Waals surface area contributed by atoms with Crippen LogP contribution in [0.15, 0.2) is 48.5 Å². The molecule has 7 nitrogen and oxygen atoms in total. The molecule has 1 atom stereocenters. The predicted molar refractivity (Wildman–Crippen MR) is 89.4 cm³/mol. The predicted octanol–water partition coefficient (Wildman–Crippen LogP) is 3.40. The molecular formula is C17H18N2O5. The van der Waals surface area contributed by atoms with Crippen LogP contribution in [0.1, 0.15) is 13.3 Å². The number of non-ortho nitro benzene ring substituents is 1. The zero-order chi connectivity index (χ0) is 17.5. The molecule has 1 N–H and O–H groups in total. The summed E-state index contributed by atoms with van der Waals surface area (Å²) in [5, 5.41) is 13.4. The van der Waals surface area contributed by atoms with Gasteiger partial charge in [-0.05, 0) is 24.6 Å². The van der Waals surface area contributed by atoms with E-state index in [1.165, 1.54) is 25.3 Å². The average molecular weight is 330 g/mol. The summed E-state index contributed by atoms with van der Waals surface area (Å²) in [7, 11) is 1.52. The van der Waals surface area contributed by atoms with Crippen molar-refractivity contribution in [2.45, 2.75) is 19.4 Å². The van der Waals surface area contributed by atoms with Crippen LogP contribution in [0.25, 0.3) is 0 Å². The molecule has 0 aliphatic heterocycles. The first-order chi connectivity index (χ1) is 11.5. The van der Waals surface area contributed by atoms with Gasteiger partial charge in [0.15, 0.2) is 17.6 Å². The molecular weight excluding hydrogens is 312 g/mol. The van der Waals surface area contributed by atoms with Crippen molar-refractivity contribution in [1.29, 1.82) is 0 Å². The molecule has 0 saturated heterocycles. The van der Waals surface area contributed by atoms with Gasteiger partial charge in [-0.3, -0.25) is 14.9 Å². The summed E-state index contributed by atoms with van der Waals surface area (Å²) in [6.07, 6.45) is -0.320. The highest BCUT2D eigenvalue weighted by Gasteiger charge is 2.20. The zero-order valence-corrected chi connectivity index (χ0v) is 13.4. The van der Waals surface area contributed by atoms with Crippen molar-refractivity contribution in [2.24, 2.45) is 0 Å². The van der Waals surface area contributed by atoms with E-state index in [4.69, 9.17) is 9.47 Å². The summed E-state index contributed by atoms with van der Waals surface area (Å²) in [5.41, 5.74) is 0.253. The van der Waals surface area contributed by atoms with Crippen LogP contribution in [-0.4, -0.2) is 24.0 Å². The molecule has 7 heteroatoms. The number of ether oxygens (including phenoxy) is 2. The Labute approximate surface area is 139 Å². The smallest absolute Gasteiger partial charge is 0.271 e. The molecule has 2 aromatic rings. The number of nitrogens with zero attached hydrogens (tertiary/aromatic N) is 1. The van der Waals surface area contributed by atoms with Gasteiger partial charge in [-0.1, -0.05) is 25.1 Å². The molecule has 0 saturated carbocycles. The van der Waals surface area contributed by atoms with Crippen LogP contribution < -0.4 is 14.8 Å². The van der Waals surface area contributed by atoms with E-state index < -0.39 is 11.0 Å². The molecule has 0 bridgehead atoms. The minimum Gasteiger partial charge on any atom is -0.493 e. The molecule has 0 aliphatic rings. The monoisotopic (exact) mass is 330 g/mol. The van der Waals surface area contributed by atoms with Gasteiger partial charge in [-0.25, -0.2) is 0 Å². The lowest BCUT2D eigenvalue weighted by Gasteiger charge is -2.18. The summed E-state index contributed by atoms with van der Waals surface area (Å²) in [6.45, 7) is 1.81. The fourth-order valence-corrected chi connectivity index (χ4v) is 2.11. The number of amides is 1. The normalized spacial score (nSPS) is 11.4. The molecule has 0 spiro atoms. The van der Waals surface area contributed by atoms with Crippen LogP contribution in [-0.2, 0) is 4.79 Å². The summed E-state index contributed by atoms with van der Waals surface area (Å²) < 4.78 is 10.9. The van der Waals surface area contributed by atoms with Crippen molar-refractivity contribution < 1.29 is 19.2 Å². The van der Waals surface area contributed by atoms with Crippen molar-refractivity contribution in [3.63, 3.8) is 0 Å². The third-order valence-electron chi connectivity index (χ3n) is 3.33. The molecule has 126 valence electrons. The summed E-state index contributed by atoms with van der Waals surface area (Å²) in [6, 6.07) is 12.8. The number of anilines is 1. The van der Waals surface area contributed by atoms with Gasteiger partial charge in [0, 0.05) is 17.8 Å². The van der Waals surface area contributed by atoms with Gasteiger partial charge >= 0.3 is 0 Å². The van der Waals surface area contributed by atoms with E-state index in [0.29, 0.717) is 23.6 Å². The Bertz CT molecular complexity index is 732. The van der Waals surface area contributed by atoms with Crippen LogP contribution in [0.5, 0.6) is 11.5 Å². The Balaban J connectivity index is 2.11. The van der Waals surface area contributed by atoms with Gasteiger partial charge in [-0.15, -0.1) is 0 Å². The van der Waals surface area contributed by atoms with Gasteiger partial charge in [0.25, 0.3) is 11.6 Å². The number of methoxy groups -OCH3 is 1. The van der Waals surface area contributed by atoms with E-state index in [1.54, 1.807) is 30.3 Å². The Morgan fingerprint density at radius 3 is 2.54 bits per heavy atom. The number of nitro benzene ring substituents is 1. The average Bonchev–Trinajstić information content (AvgIpc) is 2.60. The van der Waals surface area contributed by atoms with Crippen molar-refractivity contribution in [3.8, 4) is 11.5 Å². The van der Waals surface area contributed by atoms with E-state index in [-0.39, 0.29) is 11.6 Å². The fourth-order valence-electron chi connectivity index (χ4n) is 2.11. The molecule has 0 aliphatic carbocycles. The lowest BCUT2D eigenvalue weighted by atomic mass is 10.2. The number of rotatable bonds is 7. The minimum absolute atomic E-state index is 0.0912. The Morgan fingerprint density at radius 1 is 1.21 bits per heavy atom. The minimum atomic E-state index is -0.749. The van der Waals surface area contributed by atoms with Crippen molar-refractivity contribution in [3.05, 3.63) is 58.6 Å². The second-order valence-electron chi connectivity index (χ2n) is 4.96. The fraction of sp³-hybridized carbons (Fsp3) is 0.235. The summed E-state index contributed by atoms with van der Waals surface area (Å²) in [5.74, 6) is 0.601. The summed E-state index contributed by atoms with van der Waals surface area (Å²) in [4.78, 5) is 22.7. The van der Waals surface area contributed by atoms with Gasteiger partial charge in [0.1, 0.15) is 0 Å². The van der Waals surface area contributed by atoms with Crippen molar-refractivity contribution >= 4 is 17.3 Å². The van der Waals surface area contributed by atoms with Crippen LogP contribution in [0.4, 0.5) is 11.4 Å². The van der Waals surface area contributed by atoms with E-state index in [9.17, 15) is 14.9 Å². The van der Waals surface area contributed by atoms with Crippen LogP contribution in [0, 0.1) is 10.1 Å². The third-order valence-corrected chi connectivity index (χ3v) is 3.33. The molecule has 1 amide bonds. The first-order valence-electron chi connectivity index (χ1n) is 7.40. The zero-order valence-electron chi connectivity index (χ0n) is 13.4. The second-order valence-corrected chi connectivity index (χ2v) is 4.96. The first kappa shape index (κ1) is 17.3. The van der Waals surface area contributed by atoms with E-state index in [2.05, 4.69) is 5.32 Å². The molecule has 0 heterocycles. The van der Waals surface area contributed by atoms with Crippen LogP contribution in [0.3, 0.4) is 0 Å². The first-order valence-corrected chi connectivity index (χ1v) is 7.40. The van der Waals surface area contributed by atoms with Gasteiger partial charge < -0.3 is 14.8 Å². The number of carbonyl (C=O) groups excluding carboxylic acids is 1. The third kappa shape index (κ3) is 4.22. The molecule has 0 aromatic heterocycles. The van der Waals surface area contributed by atoms with Gasteiger partial charge in [0.05, 0.1) is 12.0 Å². The number of carbonyl (C=O) groups is 1. The van der Waals surface area contributed by atoms with E-state index in [1.807, 2.05) is 6.92 Å². The number of para-hydroxylation sites is 2. The largest absolute Gasteiger partial charge is 0.493 e. The van der Waals surface area contributed by atoms with Gasteiger partial charge in [-0.2, -0.15) is 0 Å². The molecule has 0 fully saturated rings. The lowest BCUT2D eigenvalue weighted by Crippen LogP contribution is -2.32. The van der Waals surface area contributed by atoms with E-state index in [0.717, 1.165) is 0 Å². The maximum Gasteiger partial charge on any atom is 0.271 e.